The van der Waals surface area contributed by atoms with Crippen molar-refractivity contribution in [1.29, 1.82) is 0 Å². The Morgan fingerprint density at radius 2 is 1.52 bits per heavy atom. The lowest BCUT2D eigenvalue weighted by atomic mass is 9.97. The van der Waals surface area contributed by atoms with Crippen LogP contribution >= 0.6 is 0 Å². The molecule has 2 aromatic carbocycles. The molecule has 2 atom stereocenters. The van der Waals surface area contributed by atoms with E-state index in [-0.39, 0.29) is 0 Å². The summed E-state index contributed by atoms with van der Waals surface area (Å²) >= 11 is 0. The Labute approximate surface area is 138 Å². The van der Waals surface area contributed by atoms with E-state index in [2.05, 4.69) is 54.2 Å². The summed E-state index contributed by atoms with van der Waals surface area (Å²) < 4.78 is 5.72. The predicted molar refractivity (Wildman–Crippen MR) is 94.1 cm³/mol. The first-order valence-electron chi connectivity index (χ1n) is 8.35. The molecule has 3 rings (SSSR count). The minimum atomic E-state index is 0.307. The third-order valence-electron chi connectivity index (χ3n) is 4.29. The van der Waals surface area contributed by atoms with Crippen molar-refractivity contribution in [3.63, 3.8) is 0 Å². The summed E-state index contributed by atoms with van der Waals surface area (Å²) in [6, 6.07) is 17.1. The van der Waals surface area contributed by atoms with Gasteiger partial charge in [0.25, 0.3) is 0 Å². The van der Waals surface area contributed by atoms with Gasteiger partial charge in [0.05, 0.1) is 6.61 Å². The van der Waals surface area contributed by atoms with Crippen molar-refractivity contribution >= 4 is 5.69 Å². The molecular formula is C19H25N3O. The normalized spacial score (nSPS) is 20.6. The predicted octanol–water partition coefficient (Wildman–Crippen LogP) is 3.73. The van der Waals surface area contributed by atoms with Gasteiger partial charge in [-0.3, -0.25) is 0 Å². The van der Waals surface area contributed by atoms with Gasteiger partial charge in [-0.05, 0) is 48.2 Å². The number of nitrogens with one attached hydrogen (secondary N) is 2. The molecule has 1 saturated heterocycles. The molecule has 23 heavy (non-hydrogen) atoms. The van der Waals surface area contributed by atoms with E-state index in [4.69, 9.17) is 10.5 Å². The number of anilines is 1. The fraction of sp³-hybridized carbons (Fsp3) is 0.368. The summed E-state index contributed by atoms with van der Waals surface area (Å²) in [5.74, 6) is 0.947. The summed E-state index contributed by atoms with van der Waals surface area (Å²) in [7, 11) is 0. The number of nitrogen functional groups attached to an aromatic ring is 1. The van der Waals surface area contributed by atoms with Crippen molar-refractivity contribution in [2.24, 2.45) is 0 Å². The second kappa shape index (κ2) is 7.49. The first-order chi connectivity index (χ1) is 11.3. The Balaban J connectivity index is 1.59. The molecular weight excluding hydrogens is 286 g/mol. The molecule has 2 unspecified atom stereocenters. The third kappa shape index (κ3) is 4.03. The van der Waals surface area contributed by atoms with Gasteiger partial charge >= 0.3 is 0 Å². The van der Waals surface area contributed by atoms with Crippen LogP contribution in [0, 0.1) is 0 Å². The standard InChI is InChI=1S/C19H25N3O/c1-2-3-12-23-17-10-6-15(7-11-17)19-13-18(21-22-19)14-4-8-16(20)9-5-14/h4-11,18-19,21-22H,2-3,12-13,20H2,1H3. The van der Waals surface area contributed by atoms with E-state index in [9.17, 15) is 0 Å². The lowest BCUT2D eigenvalue weighted by molar-refractivity contribution is 0.309. The van der Waals surface area contributed by atoms with Crippen molar-refractivity contribution in [2.75, 3.05) is 12.3 Å². The van der Waals surface area contributed by atoms with Gasteiger partial charge < -0.3 is 10.5 Å². The van der Waals surface area contributed by atoms with E-state index in [1.165, 1.54) is 11.1 Å². The smallest absolute Gasteiger partial charge is 0.119 e. The molecule has 0 radical (unpaired) electrons. The summed E-state index contributed by atoms with van der Waals surface area (Å²) in [6.45, 7) is 2.96. The number of hydrogen-bond donors (Lipinski definition) is 3. The lowest BCUT2D eigenvalue weighted by Gasteiger charge is -2.11. The topological polar surface area (TPSA) is 59.3 Å². The number of nitrogens with two attached hydrogens (primary N) is 1. The molecule has 2 aromatic rings. The van der Waals surface area contributed by atoms with Crippen molar-refractivity contribution < 1.29 is 4.74 Å². The number of ether oxygens (including phenoxy) is 1. The van der Waals surface area contributed by atoms with E-state index in [1.807, 2.05) is 12.1 Å². The van der Waals surface area contributed by atoms with Crippen LogP contribution in [-0.2, 0) is 0 Å². The summed E-state index contributed by atoms with van der Waals surface area (Å²) in [4.78, 5) is 0. The average Bonchev–Trinajstić information content (AvgIpc) is 3.06. The highest BCUT2D eigenvalue weighted by Gasteiger charge is 2.25. The van der Waals surface area contributed by atoms with Crippen LogP contribution in [-0.4, -0.2) is 6.61 Å². The van der Waals surface area contributed by atoms with Crippen LogP contribution in [0.3, 0.4) is 0 Å². The number of hydrazine groups is 1. The first-order valence-corrected chi connectivity index (χ1v) is 8.35. The van der Waals surface area contributed by atoms with E-state index in [1.54, 1.807) is 0 Å². The largest absolute Gasteiger partial charge is 0.494 e. The van der Waals surface area contributed by atoms with Gasteiger partial charge in [0.15, 0.2) is 0 Å². The Morgan fingerprint density at radius 3 is 2.09 bits per heavy atom. The number of benzene rings is 2. The number of rotatable bonds is 6. The molecule has 0 bridgehead atoms. The molecule has 4 nitrogen and oxygen atoms in total. The zero-order chi connectivity index (χ0) is 16.1. The maximum absolute atomic E-state index is 5.75. The highest BCUT2D eigenvalue weighted by Crippen LogP contribution is 2.31. The molecule has 0 amide bonds. The maximum Gasteiger partial charge on any atom is 0.119 e. The zero-order valence-corrected chi connectivity index (χ0v) is 13.6. The average molecular weight is 311 g/mol. The Morgan fingerprint density at radius 1 is 0.957 bits per heavy atom. The maximum atomic E-state index is 5.75. The minimum absolute atomic E-state index is 0.307. The van der Waals surface area contributed by atoms with Gasteiger partial charge in [-0.15, -0.1) is 0 Å². The van der Waals surface area contributed by atoms with Gasteiger partial charge in [0.2, 0.25) is 0 Å². The van der Waals surface area contributed by atoms with E-state index < -0.39 is 0 Å². The second-order valence-corrected chi connectivity index (χ2v) is 6.07. The molecule has 0 spiro atoms. The molecule has 1 heterocycles. The lowest BCUT2D eigenvalue weighted by Crippen LogP contribution is -2.26. The van der Waals surface area contributed by atoms with E-state index in [0.29, 0.717) is 12.1 Å². The van der Waals surface area contributed by atoms with Crippen LogP contribution in [0.2, 0.25) is 0 Å². The summed E-state index contributed by atoms with van der Waals surface area (Å²) in [6.07, 6.45) is 3.27. The minimum Gasteiger partial charge on any atom is -0.494 e. The van der Waals surface area contributed by atoms with Gasteiger partial charge in [0.1, 0.15) is 5.75 Å². The fourth-order valence-electron chi connectivity index (χ4n) is 2.85. The van der Waals surface area contributed by atoms with Crippen molar-refractivity contribution in [1.82, 2.24) is 10.9 Å². The Bertz CT molecular complexity index is 610. The monoisotopic (exact) mass is 311 g/mol. The van der Waals surface area contributed by atoms with Gasteiger partial charge in [-0.1, -0.05) is 37.6 Å². The summed E-state index contributed by atoms with van der Waals surface area (Å²) in [5, 5.41) is 0. The fourth-order valence-corrected chi connectivity index (χ4v) is 2.85. The van der Waals surface area contributed by atoms with E-state index in [0.717, 1.165) is 37.3 Å². The van der Waals surface area contributed by atoms with Gasteiger partial charge in [-0.2, -0.15) is 0 Å². The zero-order valence-electron chi connectivity index (χ0n) is 13.6. The van der Waals surface area contributed by atoms with Crippen LogP contribution in [0.15, 0.2) is 48.5 Å². The molecule has 4 heteroatoms. The van der Waals surface area contributed by atoms with Crippen LogP contribution in [0.4, 0.5) is 5.69 Å². The van der Waals surface area contributed by atoms with Crippen molar-refractivity contribution in [3.8, 4) is 5.75 Å². The van der Waals surface area contributed by atoms with Crippen LogP contribution < -0.4 is 21.3 Å². The number of hydrogen-bond acceptors (Lipinski definition) is 4. The molecule has 1 aliphatic heterocycles. The van der Waals surface area contributed by atoms with Crippen molar-refractivity contribution in [3.05, 3.63) is 59.7 Å². The second-order valence-electron chi connectivity index (χ2n) is 6.07. The van der Waals surface area contributed by atoms with Gasteiger partial charge in [0, 0.05) is 17.8 Å². The molecule has 1 fully saturated rings. The molecule has 122 valence electrons. The third-order valence-corrected chi connectivity index (χ3v) is 4.29. The quantitative estimate of drug-likeness (QED) is 0.562. The number of unbranched alkanes of at least 4 members (excludes halogenated alkanes) is 1. The Kier molecular flexibility index (Phi) is 5.16. The molecule has 4 N–H and O–H groups in total. The molecule has 0 aromatic heterocycles. The highest BCUT2D eigenvalue weighted by atomic mass is 16.5. The SMILES string of the molecule is CCCCOc1ccc(C2CC(c3ccc(N)cc3)NN2)cc1. The van der Waals surface area contributed by atoms with E-state index >= 15 is 0 Å². The van der Waals surface area contributed by atoms with Crippen LogP contribution in [0.1, 0.15) is 49.4 Å². The summed E-state index contributed by atoms with van der Waals surface area (Å²) in [5.41, 5.74) is 15.8. The first kappa shape index (κ1) is 15.8. The van der Waals surface area contributed by atoms with Crippen molar-refractivity contribution in [2.45, 2.75) is 38.3 Å². The van der Waals surface area contributed by atoms with Gasteiger partial charge in [-0.25, -0.2) is 10.9 Å². The highest BCUT2D eigenvalue weighted by molar-refractivity contribution is 5.40. The van der Waals surface area contributed by atoms with Crippen LogP contribution in [0.25, 0.3) is 0 Å². The van der Waals surface area contributed by atoms with Crippen LogP contribution in [0.5, 0.6) is 5.75 Å². The molecule has 0 saturated carbocycles. The molecule has 1 aliphatic rings. The Hall–Kier alpha value is -2.04. The molecule has 0 aliphatic carbocycles.